The zero-order chi connectivity index (χ0) is 13.8. The normalized spacial score (nSPS) is 12.9. The fourth-order valence-electron chi connectivity index (χ4n) is 1.79. The van der Waals surface area contributed by atoms with E-state index < -0.39 is 9.04 Å². The molecule has 2 nitrogen and oxygen atoms in total. The highest BCUT2D eigenvalue weighted by Crippen LogP contribution is 2.14. The first-order chi connectivity index (χ1) is 8.56. The van der Waals surface area contributed by atoms with E-state index in [1.807, 2.05) is 0 Å². The maximum absolute atomic E-state index is 11.6. The lowest BCUT2D eigenvalue weighted by atomic mass is 10.2. The van der Waals surface area contributed by atoms with Crippen molar-refractivity contribution in [1.82, 2.24) is 0 Å². The van der Waals surface area contributed by atoms with Gasteiger partial charge in [-0.2, -0.15) is 0 Å². The Kier molecular flexibility index (Phi) is 12.4. The van der Waals surface area contributed by atoms with Gasteiger partial charge in [0.05, 0.1) is 0 Å². The van der Waals surface area contributed by atoms with Gasteiger partial charge in [-0.15, -0.1) is 0 Å². The molecule has 0 N–H and O–H groups in total. The molecule has 0 aliphatic heterocycles. The van der Waals surface area contributed by atoms with Crippen molar-refractivity contribution < 1.29 is 9.22 Å². The van der Waals surface area contributed by atoms with E-state index in [0.29, 0.717) is 11.2 Å². The van der Waals surface area contributed by atoms with Gasteiger partial charge in [0.1, 0.15) is 0 Å². The second kappa shape index (κ2) is 12.2. The summed E-state index contributed by atoms with van der Waals surface area (Å²) in [5, 5.41) is 0.371. The maximum Gasteiger partial charge on any atom is 0.205 e. The van der Waals surface area contributed by atoms with Crippen molar-refractivity contribution in [3.63, 3.8) is 0 Å². The van der Waals surface area contributed by atoms with Crippen LogP contribution >= 0.6 is 11.8 Å². The predicted molar refractivity (Wildman–Crippen MR) is 83.5 cm³/mol. The highest BCUT2D eigenvalue weighted by molar-refractivity contribution is 8.13. The Balaban J connectivity index is 3.34. The first kappa shape index (κ1) is 18.2. The molecule has 0 rings (SSSR count). The molecule has 0 bridgehead atoms. The molecule has 1 atom stereocenters. The van der Waals surface area contributed by atoms with E-state index in [1.54, 1.807) is 0 Å². The van der Waals surface area contributed by atoms with Crippen molar-refractivity contribution in [3.05, 3.63) is 0 Å². The van der Waals surface area contributed by atoms with Gasteiger partial charge in [-0.1, -0.05) is 37.9 Å². The molecule has 0 aromatic carbocycles. The van der Waals surface area contributed by atoms with E-state index in [1.165, 1.54) is 31.0 Å². The summed E-state index contributed by atoms with van der Waals surface area (Å²) in [4.78, 5) is 11.6. The number of thioether (sulfide) groups is 1. The molecule has 0 aliphatic rings. The number of carbonyl (C=O) groups excluding carboxylic acids is 1. The van der Waals surface area contributed by atoms with E-state index in [9.17, 15) is 4.79 Å². The largest absolute Gasteiger partial charge is 0.415 e. The first-order valence-corrected chi connectivity index (χ1v) is 10.6. The number of unbranched alkanes of at least 4 members (excludes halogenated alkanes) is 3. The fraction of sp³-hybridized carbons (Fsp3) is 0.929. The number of hydrogen-bond donors (Lipinski definition) is 0. The molecule has 18 heavy (non-hydrogen) atoms. The van der Waals surface area contributed by atoms with Crippen LogP contribution in [0.1, 0.15) is 58.8 Å². The molecule has 0 fully saturated rings. The van der Waals surface area contributed by atoms with Crippen molar-refractivity contribution in [1.29, 1.82) is 0 Å². The van der Waals surface area contributed by atoms with Gasteiger partial charge < -0.3 is 4.43 Å². The molecule has 0 saturated carbocycles. The van der Waals surface area contributed by atoms with Crippen molar-refractivity contribution in [2.45, 2.75) is 78.0 Å². The predicted octanol–water partition coefficient (Wildman–Crippen LogP) is 4.65. The SMILES string of the molecule is CCCCCCC(=O)SCCCC(C)O[Si](C)C. The Morgan fingerprint density at radius 3 is 2.56 bits per heavy atom. The van der Waals surface area contributed by atoms with Gasteiger partial charge >= 0.3 is 0 Å². The van der Waals surface area contributed by atoms with Crippen LogP contribution in [0.3, 0.4) is 0 Å². The van der Waals surface area contributed by atoms with Crippen molar-refractivity contribution >= 4 is 25.9 Å². The Bertz CT molecular complexity index is 210. The number of rotatable bonds is 11. The lowest BCUT2D eigenvalue weighted by Gasteiger charge is -2.14. The molecule has 0 aromatic heterocycles. The molecular formula is C14H29O2SSi. The molecule has 1 unspecified atom stereocenters. The van der Waals surface area contributed by atoms with Crippen LogP contribution in [0.4, 0.5) is 0 Å². The third kappa shape index (κ3) is 12.6. The zero-order valence-corrected chi connectivity index (χ0v) is 14.3. The van der Waals surface area contributed by atoms with E-state index in [4.69, 9.17) is 4.43 Å². The van der Waals surface area contributed by atoms with Gasteiger partial charge in [-0.3, -0.25) is 4.79 Å². The lowest BCUT2D eigenvalue weighted by Crippen LogP contribution is -2.17. The van der Waals surface area contributed by atoms with Crippen LogP contribution in [-0.4, -0.2) is 26.0 Å². The third-order valence-corrected chi connectivity index (χ3v) is 4.58. The Morgan fingerprint density at radius 1 is 1.22 bits per heavy atom. The quantitative estimate of drug-likeness (QED) is 0.409. The number of carbonyl (C=O) groups is 1. The topological polar surface area (TPSA) is 26.3 Å². The number of hydrogen-bond acceptors (Lipinski definition) is 3. The van der Waals surface area contributed by atoms with Crippen LogP contribution in [0, 0.1) is 0 Å². The van der Waals surface area contributed by atoms with Gasteiger partial charge in [0, 0.05) is 18.3 Å². The fourth-order valence-corrected chi connectivity index (χ4v) is 3.54. The van der Waals surface area contributed by atoms with Crippen molar-refractivity contribution in [2.24, 2.45) is 0 Å². The summed E-state index contributed by atoms with van der Waals surface area (Å²) in [6.07, 6.45) is 8.03. The van der Waals surface area contributed by atoms with Gasteiger partial charge in [-0.05, 0) is 39.3 Å². The first-order valence-electron chi connectivity index (χ1n) is 7.18. The monoisotopic (exact) mass is 289 g/mol. The summed E-state index contributed by atoms with van der Waals surface area (Å²) >= 11 is 1.51. The van der Waals surface area contributed by atoms with Crippen LogP contribution in [0.15, 0.2) is 0 Å². The van der Waals surface area contributed by atoms with E-state index >= 15 is 0 Å². The van der Waals surface area contributed by atoms with E-state index in [0.717, 1.165) is 31.4 Å². The molecule has 0 spiro atoms. The van der Waals surface area contributed by atoms with Crippen LogP contribution in [-0.2, 0) is 9.22 Å². The molecule has 0 saturated heterocycles. The second-order valence-electron chi connectivity index (χ2n) is 5.01. The summed E-state index contributed by atoms with van der Waals surface area (Å²) in [5.74, 6) is 0.954. The Labute approximate surface area is 119 Å². The summed E-state index contributed by atoms with van der Waals surface area (Å²) in [6.45, 7) is 8.65. The van der Waals surface area contributed by atoms with Gasteiger partial charge in [0.25, 0.3) is 0 Å². The minimum absolute atomic E-state index is 0.356. The summed E-state index contributed by atoms with van der Waals surface area (Å²) < 4.78 is 5.76. The van der Waals surface area contributed by atoms with Gasteiger partial charge in [-0.25, -0.2) is 0 Å². The van der Waals surface area contributed by atoms with E-state index in [-0.39, 0.29) is 0 Å². The zero-order valence-electron chi connectivity index (χ0n) is 12.5. The Morgan fingerprint density at radius 2 is 1.94 bits per heavy atom. The average molecular weight is 290 g/mol. The molecule has 107 valence electrons. The van der Waals surface area contributed by atoms with Gasteiger partial charge in [0.15, 0.2) is 5.12 Å². The second-order valence-corrected chi connectivity index (χ2v) is 8.21. The average Bonchev–Trinajstić information content (AvgIpc) is 2.29. The van der Waals surface area contributed by atoms with E-state index in [2.05, 4.69) is 26.9 Å². The van der Waals surface area contributed by atoms with Crippen LogP contribution in [0.25, 0.3) is 0 Å². The molecule has 4 heteroatoms. The lowest BCUT2D eigenvalue weighted by molar-refractivity contribution is -0.111. The van der Waals surface area contributed by atoms with Crippen LogP contribution in [0.5, 0.6) is 0 Å². The molecule has 1 radical (unpaired) electrons. The van der Waals surface area contributed by atoms with Crippen LogP contribution < -0.4 is 0 Å². The summed E-state index contributed by atoms with van der Waals surface area (Å²) in [7, 11) is -0.577. The third-order valence-electron chi connectivity index (χ3n) is 2.69. The maximum atomic E-state index is 11.6. The van der Waals surface area contributed by atoms with Crippen molar-refractivity contribution in [2.75, 3.05) is 5.75 Å². The minimum Gasteiger partial charge on any atom is -0.415 e. The minimum atomic E-state index is -0.577. The molecule has 0 heterocycles. The Hall–Kier alpha value is 0.197. The molecule has 0 aliphatic carbocycles. The smallest absolute Gasteiger partial charge is 0.205 e. The summed E-state index contributed by atoms with van der Waals surface area (Å²) in [5.41, 5.74) is 0. The molecular weight excluding hydrogens is 260 g/mol. The molecule has 0 aromatic rings. The van der Waals surface area contributed by atoms with Crippen molar-refractivity contribution in [3.8, 4) is 0 Å². The van der Waals surface area contributed by atoms with Crippen LogP contribution in [0.2, 0.25) is 13.1 Å². The highest BCUT2D eigenvalue weighted by atomic mass is 32.2. The molecule has 0 amide bonds. The highest BCUT2D eigenvalue weighted by Gasteiger charge is 2.07. The standard InChI is InChI=1S/C14H29O2SSi/c1-5-6-7-8-11-14(15)17-12-9-10-13(2)16-18(3)4/h13H,5-12H2,1-4H3. The summed E-state index contributed by atoms with van der Waals surface area (Å²) in [6, 6.07) is 0. The van der Waals surface area contributed by atoms with Gasteiger partial charge in [0.2, 0.25) is 9.04 Å².